The van der Waals surface area contributed by atoms with Crippen molar-refractivity contribution in [3.05, 3.63) is 164 Å². The fourth-order valence-corrected chi connectivity index (χ4v) is 14.1. The molecule has 5 aromatic carbocycles. The summed E-state index contributed by atoms with van der Waals surface area (Å²) in [5.41, 5.74) is 2.48. The molecule has 0 radical (unpaired) electrons. The Hall–Kier alpha value is -8.84. The molecule has 4 aliphatic rings. The van der Waals surface area contributed by atoms with Crippen molar-refractivity contribution in [1.29, 1.82) is 0 Å². The molecule has 0 unspecified atom stereocenters. The zero-order valence-corrected chi connectivity index (χ0v) is 57.0. The molecule has 9 rings (SSSR count). The summed E-state index contributed by atoms with van der Waals surface area (Å²) in [5.74, 6) is -3.32. The van der Waals surface area contributed by atoms with Crippen molar-refractivity contribution < 1.29 is 38.4 Å². The van der Waals surface area contributed by atoms with E-state index in [1.54, 1.807) is 86.3 Å². The van der Waals surface area contributed by atoms with Gasteiger partial charge in [-0.25, -0.2) is 0 Å². The van der Waals surface area contributed by atoms with Crippen molar-refractivity contribution in [3.63, 3.8) is 0 Å². The minimum absolute atomic E-state index is 0.171. The SMILES string of the molecule is CN[C@@H](C)C(=O)N[C@@H]1C(=O)N2[C@@H](CC[C@@H]1CCNCc1ccccc1)CC[C@H]2C(=O)N[C@H](C(=O)NCCCCNc1c(NCCCCNC(=O)[C@@H](NC(=O)[C@@H]2CC[C@@H]3CC[C@H](CCNCc4ccccc4)[C@H](NC(=O)[C@H](C)NC)C(=O)N32)c2ccccc2)c(=O)c1=O)c1ccccc1. The lowest BCUT2D eigenvalue weighted by molar-refractivity contribution is -0.144. The zero-order chi connectivity index (χ0) is 69.5. The molecule has 4 heterocycles. The lowest BCUT2D eigenvalue weighted by Gasteiger charge is -2.33. The normalized spacial score (nSPS) is 21.8. The third kappa shape index (κ3) is 19.3. The van der Waals surface area contributed by atoms with Gasteiger partial charge in [0.2, 0.25) is 47.3 Å². The average Bonchev–Trinajstić information content (AvgIpc) is 1.60. The number of benzene rings is 4. The summed E-state index contributed by atoms with van der Waals surface area (Å²) in [5, 5.41) is 37.0. The van der Waals surface area contributed by atoms with E-state index in [9.17, 15) is 47.9 Å². The summed E-state index contributed by atoms with van der Waals surface area (Å²) in [7, 11) is 3.37. The maximum absolute atomic E-state index is 14.7. The average molecular weight is 1350 g/mol. The Kier molecular flexibility index (Phi) is 27.5. The van der Waals surface area contributed by atoms with E-state index in [0.29, 0.717) is 140 Å². The molecule has 0 saturated carbocycles. The van der Waals surface area contributed by atoms with Crippen LogP contribution in [0.5, 0.6) is 0 Å². The lowest BCUT2D eigenvalue weighted by Crippen LogP contribution is -2.58. The highest BCUT2D eigenvalue weighted by molar-refractivity contribution is 5.97. The fraction of sp³-hybridized carbons (Fsp3) is 0.514. The van der Waals surface area contributed by atoms with Crippen LogP contribution < -0.4 is 74.7 Å². The molecular formula is C74H100N14O10. The van der Waals surface area contributed by atoms with Gasteiger partial charge in [-0.3, -0.25) is 47.9 Å². The molecule has 4 aliphatic heterocycles. The van der Waals surface area contributed by atoms with Gasteiger partial charge in [0.05, 0.1) is 12.1 Å². The van der Waals surface area contributed by atoms with Crippen molar-refractivity contribution in [2.24, 2.45) is 11.8 Å². The first-order valence-corrected chi connectivity index (χ1v) is 35.2. The Balaban J connectivity index is 0.719. The number of carbonyl (C=O) groups is 8. The summed E-state index contributed by atoms with van der Waals surface area (Å²) in [4.78, 5) is 142. The summed E-state index contributed by atoms with van der Waals surface area (Å²) in [6.45, 7) is 7.19. The number of nitrogens with zero attached hydrogens (tertiary/aromatic N) is 2. The number of likely N-dealkylation sites (N-methyl/N-ethyl adjacent to an activating group) is 2. The lowest BCUT2D eigenvalue weighted by atomic mass is 9.90. The molecule has 98 heavy (non-hydrogen) atoms. The topological polar surface area (TPSA) is 322 Å². The smallest absolute Gasteiger partial charge is 0.253 e. The van der Waals surface area contributed by atoms with E-state index in [1.807, 2.05) is 72.8 Å². The van der Waals surface area contributed by atoms with Gasteiger partial charge in [0.15, 0.2) is 0 Å². The van der Waals surface area contributed by atoms with Crippen molar-refractivity contribution >= 4 is 58.6 Å². The zero-order valence-electron chi connectivity index (χ0n) is 57.0. The fourth-order valence-electron chi connectivity index (χ4n) is 14.1. The second-order valence-corrected chi connectivity index (χ2v) is 26.5. The molecule has 12 atom stereocenters. The highest BCUT2D eigenvalue weighted by atomic mass is 16.2. The van der Waals surface area contributed by atoms with Gasteiger partial charge in [-0.05, 0) is 165 Å². The molecule has 4 fully saturated rings. The third-order valence-corrected chi connectivity index (χ3v) is 20.0. The van der Waals surface area contributed by atoms with Crippen LogP contribution in [0, 0.1) is 11.8 Å². The van der Waals surface area contributed by atoms with Gasteiger partial charge in [-0.2, -0.15) is 0 Å². The van der Waals surface area contributed by atoms with Crippen molar-refractivity contribution in [3.8, 4) is 0 Å². The maximum Gasteiger partial charge on any atom is 0.253 e. The monoisotopic (exact) mass is 1340 g/mol. The van der Waals surface area contributed by atoms with Crippen LogP contribution in [0.2, 0.25) is 0 Å². The van der Waals surface area contributed by atoms with Crippen LogP contribution in [0.15, 0.2) is 131 Å². The van der Waals surface area contributed by atoms with Crippen LogP contribution in [0.25, 0.3) is 0 Å². The molecule has 0 spiro atoms. The predicted molar refractivity (Wildman–Crippen MR) is 377 cm³/mol. The summed E-state index contributed by atoms with van der Waals surface area (Å²) >= 11 is 0. The number of carbonyl (C=O) groups excluding carboxylic acids is 8. The first-order chi connectivity index (χ1) is 47.6. The van der Waals surface area contributed by atoms with Gasteiger partial charge >= 0.3 is 0 Å². The molecule has 8 amide bonds. The number of amides is 8. The Morgan fingerprint density at radius 3 is 1.14 bits per heavy atom. The Morgan fingerprint density at radius 2 is 0.776 bits per heavy atom. The Labute approximate surface area is 574 Å². The molecule has 12 N–H and O–H groups in total. The van der Waals surface area contributed by atoms with E-state index in [1.165, 1.54) is 0 Å². The van der Waals surface area contributed by atoms with E-state index < -0.39 is 82.8 Å². The van der Waals surface area contributed by atoms with Gasteiger partial charge in [0.1, 0.15) is 47.6 Å². The van der Waals surface area contributed by atoms with Crippen LogP contribution in [-0.4, -0.2) is 159 Å². The molecular weight excluding hydrogens is 1240 g/mol. The van der Waals surface area contributed by atoms with Crippen LogP contribution >= 0.6 is 0 Å². The number of hydrogen-bond donors (Lipinski definition) is 12. The van der Waals surface area contributed by atoms with Gasteiger partial charge in [-0.15, -0.1) is 0 Å². The van der Waals surface area contributed by atoms with Crippen LogP contribution in [0.3, 0.4) is 0 Å². The molecule has 4 saturated heterocycles. The van der Waals surface area contributed by atoms with E-state index in [2.05, 4.69) is 63.8 Å². The second kappa shape index (κ2) is 36.7. The number of hydrogen-bond acceptors (Lipinski definition) is 16. The Morgan fingerprint density at radius 1 is 0.429 bits per heavy atom. The maximum atomic E-state index is 14.7. The number of anilines is 2. The molecule has 526 valence electrons. The molecule has 0 aliphatic carbocycles. The minimum atomic E-state index is -1.07. The molecule has 0 bridgehead atoms. The van der Waals surface area contributed by atoms with Gasteiger partial charge in [0.25, 0.3) is 10.9 Å². The standard InChI is InChI=1S/C74H100N14O10/c1-47(75-3)67(91)85-61-53(37-43-77-45-49-21-9-5-10-22-49)29-31-55-33-35-57(87(55)73(61)97)69(93)83-59(51-25-13-7-14-26-51)71(95)81-41-19-17-39-79-63-64(66(90)65(63)89)80-40-18-20-42-82-72(96)60(52-27-15-8-16-28-52)84-70(94)58-36-34-56-32-30-54(38-44-78-46-50-23-11-6-12-24-50)62(74(98)88(56)58)86-68(92)48(2)76-4/h5-16,21-28,47-48,53-62,75-80H,17-20,29-46H2,1-4H3,(H,81,95)(H,82,96)(H,83,93)(H,84,94)(H,85,91)(H,86,92)/t47-,48-,53+,54+,55-,56-,57-,58-,59-,60-,61-,62-/m0/s1. The van der Waals surface area contributed by atoms with Crippen molar-refractivity contribution in [2.75, 3.05) is 64.0 Å². The molecule has 5 aromatic rings. The predicted octanol–water partition coefficient (Wildman–Crippen LogP) is 3.70. The third-order valence-electron chi connectivity index (χ3n) is 20.0. The molecule has 24 nitrogen and oxygen atoms in total. The highest BCUT2D eigenvalue weighted by Gasteiger charge is 2.50. The minimum Gasteiger partial charge on any atom is -0.380 e. The first kappa shape index (κ1) is 73.4. The van der Waals surface area contributed by atoms with Gasteiger partial charge < -0.3 is 73.6 Å². The first-order valence-electron chi connectivity index (χ1n) is 35.2. The quantitative estimate of drug-likeness (QED) is 0.0201. The highest BCUT2D eigenvalue weighted by Crippen LogP contribution is 2.37. The summed E-state index contributed by atoms with van der Waals surface area (Å²) in [6, 6.07) is 30.9. The summed E-state index contributed by atoms with van der Waals surface area (Å²) < 4.78 is 0. The molecule has 24 heteroatoms. The van der Waals surface area contributed by atoms with Crippen LogP contribution in [0.4, 0.5) is 11.4 Å². The van der Waals surface area contributed by atoms with Crippen molar-refractivity contribution in [1.82, 2.24) is 63.0 Å². The van der Waals surface area contributed by atoms with E-state index in [-0.39, 0.29) is 72.0 Å². The second-order valence-electron chi connectivity index (χ2n) is 26.5. The number of unbranched alkanes of at least 4 members (excludes halogenated alkanes) is 2. The number of fused-ring (bicyclic) bond motifs is 2. The van der Waals surface area contributed by atoms with E-state index in [0.717, 1.165) is 11.1 Å². The molecule has 0 aromatic heterocycles. The van der Waals surface area contributed by atoms with Crippen LogP contribution in [-0.2, 0) is 51.4 Å². The number of rotatable bonds is 36. The number of nitrogens with one attached hydrogen (secondary N) is 12. The van der Waals surface area contributed by atoms with E-state index >= 15 is 0 Å². The Bertz CT molecular complexity index is 3300. The summed E-state index contributed by atoms with van der Waals surface area (Å²) in [6.07, 6.45) is 8.05. The largest absolute Gasteiger partial charge is 0.380 e. The van der Waals surface area contributed by atoms with Gasteiger partial charge in [0, 0.05) is 51.4 Å². The van der Waals surface area contributed by atoms with Crippen LogP contribution in [0.1, 0.15) is 138 Å². The van der Waals surface area contributed by atoms with Gasteiger partial charge in [-0.1, -0.05) is 121 Å². The van der Waals surface area contributed by atoms with Crippen molar-refractivity contribution in [2.45, 2.75) is 177 Å². The van der Waals surface area contributed by atoms with E-state index in [4.69, 9.17) is 0 Å².